The molecule has 1 heterocycles. The summed E-state index contributed by atoms with van der Waals surface area (Å²) in [6.45, 7) is 2.99. The van der Waals surface area contributed by atoms with Crippen molar-refractivity contribution in [3.8, 4) is 5.75 Å². The molecule has 1 unspecified atom stereocenters. The number of halogens is 1. The van der Waals surface area contributed by atoms with Crippen molar-refractivity contribution in [2.45, 2.75) is 57.0 Å². The third-order valence-corrected chi connectivity index (χ3v) is 5.47. The Morgan fingerprint density at radius 2 is 1.81 bits per heavy atom. The number of hydrogen-bond donors (Lipinski definition) is 2. The number of hydrogen-bond acceptors (Lipinski definition) is 3. The second kappa shape index (κ2) is 11.0. The Morgan fingerprint density at radius 3 is 2.42 bits per heavy atom. The minimum atomic E-state index is 0. The number of aliphatic imine (C=N–C) groups is 1. The van der Waals surface area contributed by atoms with Crippen molar-refractivity contribution in [1.82, 2.24) is 10.2 Å². The summed E-state index contributed by atoms with van der Waals surface area (Å²) < 4.78 is 5.29. The minimum Gasteiger partial charge on any atom is -0.497 e. The summed E-state index contributed by atoms with van der Waals surface area (Å²) in [7, 11) is 1.70. The van der Waals surface area contributed by atoms with Crippen LogP contribution in [-0.2, 0) is 0 Å². The predicted octanol–water partition coefficient (Wildman–Crippen LogP) is 3.69. The van der Waals surface area contributed by atoms with Gasteiger partial charge in [0.15, 0.2) is 5.96 Å². The average Bonchev–Trinajstić information content (AvgIpc) is 3.18. The van der Waals surface area contributed by atoms with Gasteiger partial charge < -0.3 is 15.8 Å². The van der Waals surface area contributed by atoms with Crippen molar-refractivity contribution in [2.24, 2.45) is 10.7 Å². The smallest absolute Gasteiger partial charge is 0.188 e. The molecule has 2 fully saturated rings. The normalized spacial score (nSPS) is 20.4. The first-order valence-electron chi connectivity index (χ1n) is 9.70. The number of guanidine groups is 1. The highest BCUT2D eigenvalue weighted by atomic mass is 127. The molecule has 26 heavy (non-hydrogen) atoms. The van der Waals surface area contributed by atoms with Crippen molar-refractivity contribution >= 4 is 29.9 Å². The molecule has 3 N–H and O–H groups in total. The number of nitrogens with zero attached hydrogens (tertiary/aromatic N) is 2. The van der Waals surface area contributed by atoms with Gasteiger partial charge >= 0.3 is 0 Å². The molecule has 1 atom stereocenters. The largest absolute Gasteiger partial charge is 0.497 e. The fraction of sp³-hybridized carbons (Fsp3) is 0.650. The van der Waals surface area contributed by atoms with Crippen LogP contribution in [0.25, 0.3) is 0 Å². The quantitative estimate of drug-likeness (QED) is 0.377. The molecule has 5 nitrogen and oxygen atoms in total. The standard InChI is InChI=1S/C20H32N4O.HI/c1-25-18-11-9-16(10-12-18)19(24-13-5-6-14-24)15-22-20(21)23-17-7-3-2-4-8-17;/h9-12,17,19H,2-8,13-15H2,1H3,(H3,21,22,23);1H. The molecule has 1 saturated heterocycles. The van der Waals surface area contributed by atoms with E-state index < -0.39 is 0 Å². The monoisotopic (exact) mass is 472 g/mol. The zero-order valence-corrected chi connectivity index (χ0v) is 18.2. The third kappa shape index (κ3) is 6.01. The average molecular weight is 472 g/mol. The van der Waals surface area contributed by atoms with E-state index in [1.165, 1.54) is 50.5 Å². The number of rotatable bonds is 6. The molecule has 6 heteroatoms. The second-order valence-corrected chi connectivity index (χ2v) is 7.24. The van der Waals surface area contributed by atoms with E-state index in [4.69, 9.17) is 15.5 Å². The van der Waals surface area contributed by atoms with Gasteiger partial charge in [-0.2, -0.15) is 0 Å². The first kappa shape index (κ1) is 21.3. The molecule has 1 aliphatic heterocycles. The highest BCUT2D eigenvalue weighted by Crippen LogP contribution is 2.27. The summed E-state index contributed by atoms with van der Waals surface area (Å²) in [5.74, 6) is 1.50. The second-order valence-electron chi connectivity index (χ2n) is 7.24. The number of nitrogens with two attached hydrogens (primary N) is 1. The lowest BCUT2D eigenvalue weighted by Crippen LogP contribution is -2.41. The number of benzene rings is 1. The Labute approximate surface area is 174 Å². The lowest BCUT2D eigenvalue weighted by atomic mass is 9.96. The molecule has 1 saturated carbocycles. The van der Waals surface area contributed by atoms with Crippen molar-refractivity contribution in [2.75, 3.05) is 26.7 Å². The maximum atomic E-state index is 6.18. The topological polar surface area (TPSA) is 62.9 Å². The molecule has 0 bridgehead atoms. The fourth-order valence-electron chi connectivity index (χ4n) is 4.00. The first-order chi connectivity index (χ1) is 12.3. The number of ether oxygens (including phenoxy) is 1. The molecule has 1 aliphatic carbocycles. The predicted molar refractivity (Wildman–Crippen MR) is 118 cm³/mol. The van der Waals surface area contributed by atoms with Crippen LogP contribution < -0.4 is 15.8 Å². The Bertz CT molecular complexity index is 551. The van der Waals surface area contributed by atoms with Crippen LogP contribution in [0.1, 0.15) is 56.6 Å². The van der Waals surface area contributed by atoms with Crippen LogP contribution in [0.3, 0.4) is 0 Å². The van der Waals surface area contributed by atoms with Gasteiger partial charge in [0.25, 0.3) is 0 Å². The molecule has 1 aromatic rings. The van der Waals surface area contributed by atoms with Crippen LogP contribution in [0.2, 0.25) is 0 Å². The maximum absolute atomic E-state index is 6.18. The molecular formula is C20H33IN4O. The van der Waals surface area contributed by atoms with Crippen molar-refractivity contribution in [3.05, 3.63) is 29.8 Å². The summed E-state index contributed by atoms with van der Waals surface area (Å²) in [4.78, 5) is 7.22. The van der Waals surface area contributed by atoms with Crippen LogP contribution in [0.5, 0.6) is 5.75 Å². The molecule has 0 radical (unpaired) electrons. The van der Waals surface area contributed by atoms with Gasteiger partial charge in [-0.15, -0.1) is 24.0 Å². The molecule has 2 aliphatic rings. The van der Waals surface area contributed by atoms with Crippen LogP contribution in [0, 0.1) is 0 Å². The van der Waals surface area contributed by atoms with E-state index in [0.29, 0.717) is 24.6 Å². The van der Waals surface area contributed by atoms with E-state index in [-0.39, 0.29) is 24.0 Å². The molecule has 146 valence electrons. The van der Waals surface area contributed by atoms with Crippen LogP contribution in [0.15, 0.2) is 29.3 Å². The van der Waals surface area contributed by atoms with Gasteiger partial charge in [0.05, 0.1) is 19.7 Å². The highest BCUT2D eigenvalue weighted by Gasteiger charge is 2.23. The van der Waals surface area contributed by atoms with Crippen LogP contribution in [0.4, 0.5) is 0 Å². The lowest BCUT2D eigenvalue weighted by molar-refractivity contribution is 0.251. The van der Waals surface area contributed by atoms with Crippen molar-refractivity contribution in [3.63, 3.8) is 0 Å². The van der Waals surface area contributed by atoms with Crippen molar-refractivity contribution in [1.29, 1.82) is 0 Å². The Balaban J connectivity index is 0.00000243. The molecule has 0 amide bonds. The van der Waals surface area contributed by atoms with E-state index >= 15 is 0 Å². The van der Waals surface area contributed by atoms with Gasteiger partial charge in [0.2, 0.25) is 0 Å². The molecule has 3 rings (SSSR count). The van der Waals surface area contributed by atoms with E-state index in [1.807, 2.05) is 12.1 Å². The van der Waals surface area contributed by atoms with Gasteiger partial charge in [0, 0.05) is 6.04 Å². The zero-order chi connectivity index (χ0) is 17.5. The number of likely N-dealkylation sites (tertiary alicyclic amines) is 1. The molecule has 0 aromatic heterocycles. The van der Waals surface area contributed by atoms with E-state index in [2.05, 4.69) is 22.3 Å². The summed E-state index contributed by atoms with van der Waals surface area (Å²) in [5, 5.41) is 3.42. The summed E-state index contributed by atoms with van der Waals surface area (Å²) in [5.41, 5.74) is 7.46. The van der Waals surface area contributed by atoms with Crippen LogP contribution >= 0.6 is 24.0 Å². The van der Waals surface area contributed by atoms with Crippen molar-refractivity contribution < 1.29 is 4.74 Å². The summed E-state index contributed by atoms with van der Waals surface area (Å²) >= 11 is 0. The minimum absolute atomic E-state index is 0. The summed E-state index contributed by atoms with van der Waals surface area (Å²) in [6, 6.07) is 9.17. The highest BCUT2D eigenvalue weighted by molar-refractivity contribution is 14.0. The Kier molecular flexibility index (Phi) is 8.98. The Hall–Kier alpha value is -1.02. The summed E-state index contributed by atoms with van der Waals surface area (Å²) in [6.07, 6.45) is 8.91. The van der Waals surface area contributed by atoms with Gasteiger partial charge in [0.1, 0.15) is 5.75 Å². The SMILES string of the molecule is COc1ccc(C(CN=C(N)NC2CCCCC2)N2CCCC2)cc1.I. The zero-order valence-electron chi connectivity index (χ0n) is 15.8. The van der Waals surface area contributed by atoms with Gasteiger partial charge in [-0.25, -0.2) is 0 Å². The van der Waals surface area contributed by atoms with E-state index in [9.17, 15) is 0 Å². The molecular weight excluding hydrogens is 439 g/mol. The third-order valence-electron chi connectivity index (χ3n) is 5.47. The van der Waals surface area contributed by atoms with Crippen LogP contribution in [-0.4, -0.2) is 43.6 Å². The van der Waals surface area contributed by atoms with Gasteiger partial charge in [-0.3, -0.25) is 9.89 Å². The fourth-order valence-corrected chi connectivity index (χ4v) is 4.00. The van der Waals surface area contributed by atoms with Gasteiger partial charge in [-0.05, 0) is 56.5 Å². The molecule has 0 spiro atoms. The maximum Gasteiger partial charge on any atom is 0.188 e. The van der Waals surface area contributed by atoms with E-state index in [0.717, 1.165) is 18.8 Å². The molecule has 1 aromatic carbocycles. The van der Waals surface area contributed by atoms with Gasteiger partial charge in [-0.1, -0.05) is 31.4 Å². The Morgan fingerprint density at radius 1 is 1.15 bits per heavy atom. The lowest BCUT2D eigenvalue weighted by Gasteiger charge is -2.27. The number of methoxy groups -OCH3 is 1. The van der Waals surface area contributed by atoms with E-state index in [1.54, 1.807) is 7.11 Å². The first-order valence-corrected chi connectivity index (χ1v) is 9.70. The number of nitrogens with one attached hydrogen (secondary N) is 1.